The zero-order chi connectivity index (χ0) is 15.6. The van der Waals surface area contributed by atoms with E-state index in [1.165, 1.54) is 13.2 Å². The SMILES string of the molecule is COc1cc(C#N)c(C(=O)c2cccs2)c([N+](=O)[O-])c1O. The van der Waals surface area contributed by atoms with Gasteiger partial charge < -0.3 is 9.84 Å². The molecule has 1 aromatic heterocycles. The minimum absolute atomic E-state index is 0.227. The van der Waals surface area contributed by atoms with Crippen molar-refractivity contribution in [1.29, 1.82) is 5.26 Å². The lowest BCUT2D eigenvalue weighted by molar-refractivity contribution is -0.386. The van der Waals surface area contributed by atoms with Gasteiger partial charge in [0.2, 0.25) is 11.5 Å². The Morgan fingerprint density at radius 3 is 2.76 bits per heavy atom. The zero-order valence-corrected chi connectivity index (χ0v) is 11.5. The molecule has 0 fully saturated rings. The molecule has 0 atom stereocenters. The summed E-state index contributed by atoms with van der Waals surface area (Å²) in [6.45, 7) is 0. The molecular formula is C13H8N2O5S. The van der Waals surface area contributed by atoms with Crippen molar-refractivity contribution >= 4 is 22.8 Å². The maximum Gasteiger partial charge on any atom is 0.327 e. The first-order valence-electron chi connectivity index (χ1n) is 5.57. The average molecular weight is 304 g/mol. The maximum atomic E-state index is 12.4. The third-order valence-electron chi connectivity index (χ3n) is 2.73. The van der Waals surface area contributed by atoms with E-state index in [1.54, 1.807) is 17.5 Å². The van der Waals surface area contributed by atoms with Crippen LogP contribution in [0.5, 0.6) is 11.5 Å². The number of phenolic OH excluding ortho intramolecular Hbond substituents is 1. The number of nitro benzene ring substituents is 1. The zero-order valence-electron chi connectivity index (χ0n) is 10.7. The van der Waals surface area contributed by atoms with Gasteiger partial charge in [0.15, 0.2) is 5.75 Å². The van der Waals surface area contributed by atoms with Gasteiger partial charge in [-0.25, -0.2) is 0 Å². The van der Waals surface area contributed by atoms with Gasteiger partial charge in [-0.2, -0.15) is 5.26 Å². The fourth-order valence-electron chi connectivity index (χ4n) is 1.82. The number of nitriles is 1. The van der Waals surface area contributed by atoms with Gasteiger partial charge in [-0.3, -0.25) is 14.9 Å². The predicted molar refractivity (Wildman–Crippen MR) is 73.8 cm³/mol. The van der Waals surface area contributed by atoms with Crippen molar-refractivity contribution in [2.45, 2.75) is 0 Å². The van der Waals surface area contributed by atoms with E-state index in [0.717, 1.165) is 17.4 Å². The highest BCUT2D eigenvalue weighted by Crippen LogP contribution is 2.41. The van der Waals surface area contributed by atoms with E-state index in [0.29, 0.717) is 0 Å². The van der Waals surface area contributed by atoms with Gasteiger partial charge in [0.05, 0.1) is 22.5 Å². The number of carbonyl (C=O) groups is 1. The van der Waals surface area contributed by atoms with Crippen LogP contribution >= 0.6 is 11.3 Å². The summed E-state index contributed by atoms with van der Waals surface area (Å²) in [6, 6.07) is 5.92. The largest absolute Gasteiger partial charge is 0.499 e. The molecule has 0 aliphatic rings. The lowest BCUT2D eigenvalue weighted by Gasteiger charge is -2.09. The first kappa shape index (κ1) is 14.5. The van der Waals surface area contributed by atoms with Gasteiger partial charge in [-0.15, -0.1) is 11.3 Å². The molecule has 0 bridgehead atoms. The van der Waals surface area contributed by atoms with Crippen LogP contribution in [0.4, 0.5) is 5.69 Å². The van der Waals surface area contributed by atoms with Crippen LogP contribution in [0.2, 0.25) is 0 Å². The van der Waals surface area contributed by atoms with Crippen LogP contribution in [0.1, 0.15) is 20.8 Å². The highest BCUT2D eigenvalue weighted by atomic mass is 32.1. The van der Waals surface area contributed by atoms with Crippen molar-refractivity contribution in [3.8, 4) is 17.6 Å². The molecular weight excluding hydrogens is 296 g/mol. The van der Waals surface area contributed by atoms with Crippen molar-refractivity contribution in [2.75, 3.05) is 7.11 Å². The van der Waals surface area contributed by atoms with Crippen LogP contribution in [0.3, 0.4) is 0 Å². The topological polar surface area (TPSA) is 113 Å². The second kappa shape index (κ2) is 5.60. The summed E-state index contributed by atoms with van der Waals surface area (Å²) in [5, 5.41) is 31.8. The van der Waals surface area contributed by atoms with Gasteiger partial charge in [-0.05, 0) is 11.4 Å². The van der Waals surface area contributed by atoms with E-state index in [2.05, 4.69) is 0 Å². The van der Waals surface area contributed by atoms with Crippen LogP contribution in [0, 0.1) is 21.4 Å². The minimum atomic E-state index is -0.903. The van der Waals surface area contributed by atoms with E-state index < -0.39 is 27.7 Å². The van der Waals surface area contributed by atoms with Crippen molar-refractivity contribution in [3.63, 3.8) is 0 Å². The Kier molecular flexibility index (Phi) is 3.86. The number of rotatable bonds is 4. The maximum absolute atomic E-state index is 12.4. The molecule has 0 aliphatic heterocycles. The Bertz CT molecular complexity index is 762. The van der Waals surface area contributed by atoms with Gasteiger partial charge in [0, 0.05) is 6.07 Å². The number of benzene rings is 1. The molecule has 0 unspecified atom stereocenters. The van der Waals surface area contributed by atoms with Gasteiger partial charge in [0.25, 0.3) is 0 Å². The lowest BCUT2D eigenvalue weighted by atomic mass is 9.99. The molecule has 8 heteroatoms. The number of hydrogen-bond donors (Lipinski definition) is 1. The number of aromatic hydroxyl groups is 1. The molecule has 106 valence electrons. The normalized spacial score (nSPS) is 9.90. The van der Waals surface area contributed by atoms with Gasteiger partial charge in [0.1, 0.15) is 11.6 Å². The monoisotopic (exact) mass is 304 g/mol. The van der Waals surface area contributed by atoms with E-state index in [1.807, 2.05) is 0 Å². The van der Waals surface area contributed by atoms with Crippen LogP contribution in [-0.4, -0.2) is 22.9 Å². The highest BCUT2D eigenvalue weighted by Gasteiger charge is 2.32. The lowest BCUT2D eigenvalue weighted by Crippen LogP contribution is -2.08. The molecule has 1 heterocycles. The number of ketones is 1. The van der Waals surface area contributed by atoms with E-state index >= 15 is 0 Å². The number of methoxy groups -OCH3 is 1. The van der Waals surface area contributed by atoms with Crippen LogP contribution in [0.15, 0.2) is 23.6 Å². The summed E-state index contributed by atoms with van der Waals surface area (Å²) < 4.78 is 4.79. The minimum Gasteiger partial charge on any atom is -0.499 e. The third kappa shape index (κ3) is 2.42. The summed E-state index contributed by atoms with van der Waals surface area (Å²) in [5.74, 6) is -1.70. The molecule has 0 spiro atoms. The Hall–Kier alpha value is -2.92. The smallest absolute Gasteiger partial charge is 0.327 e. The quantitative estimate of drug-likeness (QED) is 0.527. The number of nitro groups is 1. The van der Waals surface area contributed by atoms with Crippen molar-refractivity contribution < 1.29 is 19.6 Å². The molecule has 2 aromatic rings. The van der Waals surface area contributed by atoms with E-state index in [-0.39, 0.29) is 16.2 Å². The molecule has 21 heavy (non-hydrogen) atoms. The number of carbonyl (C=O) groups excluding carboxylic acids is 1. The molecule has 0 amide bonds. The molecule has 0 radical (unpaired) electrons. The number of ether oxygens (including phenoxy) is 1. The summed E-state index contributed by atoms with van der Waals surface area (Å²) in [4.78, 5) is 22.9. The summed E-state index contributed by atoms with van der Waals surface area (Å²) in [7, 11) is 1.20. The Morgan fingerprint density at radius 1 is 1.57 bits per heavy atom. The van der Waals surface area contributed by atoms with Crippen LogP contribution in [-0.2, 0) is 0 Å². The molecule has 0 aliphatic carbocycles. The second-order valence-corrected chi connectivity index (χ2v) is 4.82. The fraction of sp³-hybridized carbons (Fsp3) is 0.0769. The predicted octanol–water partition coefficient (Wildman–Crippen LogP) is 2.47. The summed E-state index contributed by atoms with van der Waals surface area (Å²) >= 11 is 1.09. The Balaban J connectivity index is 2.80. The summed E-state index contributed by atoms with van der Waals surface area (Å²) in [6.07, 6.45) is 0. The standard InChI is InChI=1S/C13H8N2O5S/c1-20-8-5-7(6-14)10(11(12(8)16)15(18)19)13(17)9-3-2-4-21-9/h2-5,16H,1H3. The number of nitrogens with zero attached hydrogens (tertiary/aromatic N) is 2. The second-order valence-electron chi connectivity index (χ2n) is 3.87. The van der Waals surface area contributed by atoms with Crippen LogP contribution < -0.4 is 4.74 Å². The first-order valence-corrected chi connectivity index (χ1v) is 6.45. The Morgan fingerprint density at radius 2 is 2.29 bits per heavy atom. The molecule has 1 aromatic carbocycles. The number of hydrogen-bond acceptors (Lipinski definition) is 7. The highest BCUT2D eigenvalue weighted by molar-refractivity contribution is 7.12. The Labute approximate surface area is 122 Å². The summed E-state index contributed by atoms with van der Waals surface area (Å²) in [5.41, 5.74) is -1.50. The molecule has 2 rings (SSSR count). The molecule has 1 N–H and O–H groups in total. The number of phenols is 1. The fourth-order valence-corrected chi connectivity index (χ4v) is 2.49. The molecule has 0 saturated carbocycles. The number of thiophene rings is 1. The molecule has 0 saturated heterocycles. The van der Waals surface area contributed by atoms with Gasteiger partial charge >= 0.3 is 5.69 Å². The van der Waals surface area contributed by atoms with Gasteiger partial charge in [-0.1, -0.05) is 6.07 Å². The first-order chi connectivity index (χ1) is 10.0. The molecule has 7 nitrogen and oxygen atoms in total. The van der Waals surface area contributed by atoms with E-state index in [9.17, 15) is 20.0 Å². The van der Waals surface area contributed by atoms with E-state index in [4.69, 9.17) is 10.00 Å². The van der Waals surface area contributed by atoms with Crippen LogP contribution in [0.25, 0.3) is 0 Å². The van der Waals surface area contributed by atoms with Crippen molar-refractivity contribution in [2.24, 2.45) is 0 Å². The third-order valence-corrected chi connectivity index (χ3v) is 3.60. The average Bonchev–Trinajstić information content (AvgIpc) is 2.99. The van der Waals surface area contributed by atoms with Crippen molar-refractivity contribution in [1.82, 2.24) is 0 Å². The van der Waals surface area contributed by atoms with Crippen molar-refractivity contribution in [3.05, 3.63) is 49.7 Å².